The zero-order valence-electron chi connectivity index (χ0n) is 14.5. The van der Waals surface area contributed by atoms with Crippen molar-refractivity contribution in [2.75, 3.05) is 36.0 Å². The molecule has 2 aromatic rings. The summed E-state index contributed by atoms with van der Waals surface area (Å²) in [5, 5.41) is 0. The van der Waals surface area contributed by atoms with Crippen LogP contribution in [0.3, 0.4) is 0 Å². The third kappa shape index (κ3) is 2.92. The minimum Gasteiger partial charge on any atom is -0.341 e. The van der Waals surface area contributed by atoms with Gasteiger partial charge in [0.1, 0.15) is 0 Å². The minimum atomic E-state index is 0.818. The highest BCUT2D eigenvalue weighted by atomic mass is 15.3. The molecule has 4 heterocycles. The monoisotopic (exact) mass is 324 g/mol. The zero-order chi connectivity index (χ0) is 16.5. The summed E-state index contributed by atoms with van der Waals surface area (Å²) in [7, 11) is 0. The average molecular weight is 324 g/mol. The molecule has 0 spiro atoms. The first-order valence-electron chi connectivity index (χ1n) is 8.85. The third-order valence-corrected chi connectivity index (χ3v) is 4.98. The van der Waals surface area contributed by atoms with Crippen LogP contribution in [0, 0.1) is 13.8 Å². The molecule has 6 heteroatoms. The van der Waals surface area contributed by atoms with Crippen molar-refractivity contribution in [1.29, 1.82) is 0 Å². The van der Waals surface area contributed by atoms with Crippen LogP contribution in [0.4, 0.5) is 11.9 Å². The number of aryl methyl sites for hydroxylation is 2. The van der Waals surface area contributed by atoms with Crippen LogP contribution in [-0.2, 0) is 12.8 Å². The van der Waals surface area contributed by atoms with Gasteiger partial charge in [-0.1, -0.05) is 0 Å². The molecule has 0 aliphatic carbocycles. The lowest BCUT2D eigenvalue weighted by atomic mass is 10.1. The molecular formula is C18H24N6. The molecule has 2 aromatic heterocycles. The first-order valence-corrected chi connectivity index (χ1v) is 8.85. The second-order valence-corrected chi connectivity index (χ2v) is 6.78. The van der Waals surface area contributed by atoms with E-state index in [4.69, 9.17) is 9.97 Å². The number of hydrogen-bond acceptors (Lipinski definition) is 6. The quantitative estimate of drug-likeness (QED) is 0.843. The second kappa shape index (κ2) is 6.34. The predicted octanol–water partition coefficient (Wildman–Crippen LogP) is 2.09. The fourth-order valence-electron chi connectivity index (χ4n) is 3.58. The molecule has 1 fully saturated rings. The summed E-state index contributed by atoms with van der Waals surface area (Å²) in [6.07, 6.45) is 8.15. The highest BCUT2D eigenvalue weighted by Crippen LogP contribution is 2.23. The molecule has 24 heavy (non-hydrogen) atoms. The van der Waals surface area contributed by atoms with Gasteiger partial charge in [-0.25, -0.2) is 19.9 Å². The molecule has 6 nitrogen and oxygen atoms in total. The highest BCUT2D eigenvalue weighted by Gasteiger charge is 2.22. The number of nitrogens with zero attached hydrogens (tertiary/aromatic N) is 6. The fraction of sp³-hybridized carbons (Fsp3) is 0.556. The maximum atomic E-state index is 4.91. The van der Waals surface area contributed by atoms with Crippen LogP contribution in [0.2, 0.25) is 0 Å². The summed E-state index contributed by atoms with van der Waals surface area (Å²) in [6, 6.07) is 0. The Morgan fingerprint density at radius 2 is 1.46 bits per heavy atom. The van der Waals surface area contributed by atoms with Gasteiger partial charge in [0.15, 0.2) is 0 Å². The molecule has 4 rings (SSSR count). The van der Waals surface area contributed by atoms with Crippen LogP contribution in [0.5, 0.6) is 0 Å². The number of hydrogen-bond donors (Lipinski definition) is 0. The first kappa shape index (κ1) is 15.3. The third-order valence-electron chi connectivity index (χ3n) is 4.98. The number of aromatic nitrogens is 4. The van der Waals surface area contributed by atoms with Crippen molar-refractivity contribution in [3.05, 3.63) is 34.9 Å². The van der Waals surface area contributed by atoms with Gasteiger partial charge in [0, 0.05) is 50.7 Å². The molecule has 0 unspecified atom stereocenters. The molecule has 0 aromatic carbocycles. The lowest BCUT2D eigenvalue weighted by Gasteiger charge is -2.19. The van der Waals surface area contributed by atoms with E-state index in [2.05, 4.69) is 26.7 Å². The van der Waals surface area contributed by atoms with E-state index < -0.39 is 0 Å². The van der Waals surface area contributed by atoms with E-state index in [1.54, 1.807) is 0 Å². The number of fused-ring (bicyclic) bond motifs is 1. The second-order valence-electron chi connectivity index (χ2n) is 6.78. The lowest BCUT2D eigenvalue weighted by molar-refractivity contribution is 0.767. The van der Waals surface area contributed by atoms with Crippen LogP contribution in [0.1, 0.15) is 35.4 Å². The topological polar surface area (TPSA) is 58.0 Å². The molecule has 126 valence electrons. The van der Waals surface area contributed by atoms with Crippen molar-refractivity contribution in [3.63, 3.8) is 0 Å². The van der Waals surface area contributed by atoms with Gasteiger partial charge >= 0.3 is 0 Å². The standard InChI is InChI=1S/C18H24N6/c1-13-11-19-17(20-12-13)24-9-5-15-14(2)21-18(22-16(15)6-10-24)23-7-3-4-8-23/h11-12H,3-10H2,1-2H3. The van der Waals surface area contributed by atoms with Gasteiger partial charge in [-0.15, -0.1) is 0 Å². The first-order chi connectivity index (χ1) is 11.7. The molecule has 0 bridgehead atoms. The van der Waals surface area contributed by atoms with Crippen molar-refractivity contribution in [3.8, 4) is 0 Å². The minimum absolute atomic E-state index is 0.818. The Balaban J connectivity index is 1.58. The molecule has 2 aliphatic heterocycles. The lowest BCUT2D eigenvalue weighted by Crippen LogP contribution is -2.27. The van der Waals surface area contributed by atoms with Gasteiger partial charge in [0.2, 0.25) is 11.9 Å². The largest absolute Gasteiger partial charge is 0.341 e. The Labute approximate surface area is 143 Å². The van der Waals surface area contributed by atoms with Crippen molar-refractivity contribution in [2.45, 2.75) is 39.5 Å². The summed E-state index contributed by atoms with van der Waals surface area (Å²) in [5.74, 6) is 1.74. The van der Waals surface area contributed by atoms with E-state index in [0.29, 0.717) is 0 Å². The Morgan fingerprint density at radius 3 is 2.21 bits per heavy atom. The molecule has 0 N–H and O–H groups in total. The van der Waals surface area contributed by atoms with Gasteiger partial charge < -0.3 is 9.80 Å². The Bertz CT molecular complexity index is 721. The molecular weight excluding hydrogens is 300 g/mol. The molecule has 0 amide bonds. The number of rotatable bonds is 2. The normalized spacial score (nSPS) is 17.8. The van der Waals surface area contributed by atoms with Crippen molar-refractivity contribution in [1.82, 2.24) is 19.9 Å². The van der Waals surface area contributed by atoms with Crippen LogP contribution < -0.4 is 9.80 Å². The van der Waals surface area contributed by atoms with E-state index >= 15 is 0 Å². The maximum absolute atomic E-state index is 4.91. The van der Waals surface area contributed by atoms with Gasteiger partial charge in [-0.2, -0.15) is 0 Å². The summed E-state index contributed by atoms with van der Waals surface area (Å²) in [6.45, 7) is 8.14. The van der Waals surface area contributed by atoms with Crippen molar-refractivity contribution >= 4 is 11.9 Å². The fourth-order valence-corrected chi connectivity index (χ4v) is 3.58. The van der Waals surface area contributed by atoms with Crippen molar-refractivity contribution in [2.24, 2.45) is 0 Å². The van der Waals surface area contributed by atoms with Crippen LogP contribution >= 0.6 is 0 Å². The maximum Gasteiger partial charge on any atom is 0.225 e. The van der Waals surface area contributed by atoms with Crippen LogP contribution in [-0.4, -0.2) is 46.1 Å². The summed E-state index contributed by atoms with van der Waals surface area (Å²) >= 11 is 0. The van der Waals surface area contributed by atoms with E-state index in [1.165, 1.54) is 24.1 Å². The summed E-state index contributed by atoms with van der Waals surface area (Å²) in [5.41, 5.74) is 4.74. The smallest absolute Gasteiger partial charge is 0.225 e. The van der Waals surface area contributed by atoms with Crippen LogP contribution in [0.25, 0.3) is 0 Å². The van der Waals surface area contributed by atoms with Crippen LogP contribution in [0.15, 0.2) is 12.4 Å². The summed E-state index contributed by atoms with van der Waals surface area (Å²) < 4.78 is 0. The van der Waals surface area contributed by atoms with Gasteiger partial charge in [-0.3, -0.25) is 0 Å². The van der Waals surface area contributed by atoms with E-state index in [-0.39, 0.29) is 0 Å². The highest BCUT2D eigenvalue weighted by molar-refractivity contribution is 5.41. The summed E-state index contributed by atoms with van der Waals surface area (Å²) in [4.78, 5) is 23.2. The Hall–Kier alpha value is -2.24. The van der Waals surface area contributed by atoms with Crippen molar-refractivity contribution < 1.29 is 0 Å². The van der Waals surface area contributed by atoms with E-state index in [9.17, 15) is 0 Å². The average Bonchev–Trinajstić information content (AvgIpc) is 3.03. The van der Waals surface area contributed by atoms with Gasteiger partial charge in [0.25, 0.3) is 0 Å². The SMILES string of the molecule is Cc1cnc(N2CCc3nc(N4CCCC4)nc(C)c3CC2)nc1. The molecule has 1 saturated heterocycles. The van der Waals surface area contributed by atoms with Gasteiger partial charge in [0.05, 0.1) is 5.69 Å². The predicted molar refractivity (Wildman–Crippen MR) is 94.6 cm³/mol. The number of anilines is 2. The van der Waals surface area contributed by atoms with Gasteiger partial charge in [-0.05, 0) is 44.2 Å². The Morgan fingerprint density at radius 1 is 0.792 bits per heavy atom. The van der Waals surface area contributed by atoms with E-state index in [1.807, 2.05) is 19.3 Å². The molecule has 0 saturated carbocycles. The Kier molecular flexibility index (Phi) is 4.04. The van der Waals surface area contributed by atoms with E-state index in [0.717, 1.165) is 62.2 Å². The zero-order valence-corrected chi connectivity index (χ0v) is 14.5. The molecule has 0 radical (unpaired) electrons. The molecule has 0 atom stereocenters. The molecule has 2 aliphatic rings.